The minimum atomic E-state index is -4.74. The molecular weight excluding hydrogens is 684 g/mol. The fourth-order valence-corrected chi connectivity index (χ4v) is 7.91. The number of ether oxygens (including phenoxy) is 3. The predicted molar refractivity (Wildman–Crippen MR) is 169 cm³/mol. The first kappa shape index (κ1) is 34.7. The fourth-order valence-electron chi connectivity index (χ4n) is 5.59. The molecule has 47 heavy (non-hydrogen) atoms. The summed E-state index contributed by atoms with van der Waals surface area (Å²) in [5.41, 5.74) is 1.31. The van der Waals surface area contributed by atoms with Crippen molar-refractivity contribution in [3.8, 4) is 17.2 Å². The molecule has 0 aliphatic carbocycles. The number of hydrogen-bond acceptors (Lipinski definition) is 9. The molecule has 16 heteroatoms. The molecule has 1 aromatic heterocycles. The van der Waals surface area contributed by atoms with Gasteiger partial charge in [-0.05, 0) is 48.7 Å². The van der Waals surface area contributed by atoms with Gasteiger partial charge in [-0.2, -0.15) is 4.37 Å². The second-order valence-corrected chi connectivity index (χ2v) is 13.8. The molecule has 1 saturated heterocycles. The Morgan fingerprint density at radius 2 is 1.81 bits per heavy atom. The third kappa shape index (κ3) is 8.08. The van der Waals surface area contributed by atoms with Crippen LogP contribution in [-0.4, -0.2) is 69.6 Å². The molecule has 9 nitrogen and oxygen atoms in total. The highest BCUT2D eigenvalue weighted by atomic mass is 35.5. The zero-order chi connectivity index (χ0) is 33.7. The summed E-state index contributed by atoms with van der Waals surface area (Å²) in [7, 11) is -1.88. The van der Waals surface area contributed by atoms with Gasteiger partial charge in [-0.25, -0.2) is 35.3 Å². The van der Waals surface area contributed by atoms with Gasteiger partial charge in [0.05, 0.1) is 33.9 Å². The second kappa shape index (κ2) is 15.0. The molecule has 252 valence electrons. The lowest BCUT2D eigenvalue weighted by Crippen LogP contribution is -2.43. The number of piperidine rings is 1. The molecule has 3 aromatic carbocycles. The van der Waals surface area contributed by atoms with E-state index >= 15 is 8.78 Å². The molecule has 1 fully saturated rings. The lowest BCUT2D eigenvalue weighted by atomic mass is 9.81. The van der Waals surface area contributed by atoms with Crippen molar-refractivity contribution in [2.45, 2.75) is 30.2 Å². The van der Waals surface area contributed by atoms with Gasteiger partial charge < -0.3 is 14.2 Å². The first-order valence-corrected chi connectivity index (χ1v) is 17.0. The van der Waals surface area contributed by atoms with Gasteiger partial charge in [0.15, 0.2) is 11.6 Å². The van der Waals surface area contributed by atoms with Crippen molar-refractivity contribution in [1.82, 2.24) is 14.3 Å². The normalized spacial score (nSPS) is 17.1. The van der Waals surface area contributed by atoms with E-state index in [1.165, 1.54) is 14.2 Å². The van der Waals surface area contributed by atoms with Crippen LogP contribution in [0.25, 0.3) is 0 Å². The number of sulfonamides is 1. The summed E-state index contributed by atoms with van der Waals surface area (Å²) >= 11 is 6.80. The number of nitrogens with zero attached hydrogens (tertiary/aromatic N) is 4. The highest BCUT2D eigenvalue weighted by Gasteiger charge is 2.34. The number of halogens is 5. The van der Waals surface area contributed by atoms with Crippen molar-refractivity contribution < 1.29 is 40.2 Å². The number of benzene rings is 3. The molecule has 1 unspecified atom stereocenters. The maximum atomic E-state index is 15.6. The van der Waals surface area contributed by atoms with E-state index in [0.29, 0.717) is 47.2 Å². The Balaban J connectivity index is 1.41. The van der Waals surface area contributed by atoms with Gasteiger partial charge in [0, 0.05) is 52.8 Å². The number of aromatic nitrogens is 2. The minimum Gasteiger partial charge on any atom is -0.497 e. The Morgan fingerprint density at radius 3 is 2.47 bits per heavy atom. The molecule has 1 aliphatic heterocycles. The lowest BCUT2D eigenvalue weighted by Gasteiger charge is -2.38. The Labute approximate surface area is 278 Å². The van der Waals surface area contributed by atoms with E-state index in [-0.39, 0.29) is 36.7 Å². The van der Waals surface area contributed by atoms with E-state index in [4.69, 9.17) is 25.8 Å². The van der Waals surface area contributed by atoms with Crippen LogP contribution in [0, 0.1) is 17.6 Å². The molecular formula is C31H31ClF4N4O5S2. The minimum absolute atomic E-state index is 0.0816. The van der Waals surface area contributed by atoms with Gasteiger partial charge >= 0.3 is 0 Å². The van der Waals surface area contributed by atoms with E-state index in [1.807, 2.05) is 12.1 Å². The van der Waals surface area contributed by atoms with Crippen LogP contribution in [0.4, 0.5) is 22.7 Å². The third-order valence-electron chi connectivity index (χ3n) is 7.89. The number of anilines is 1. The molecule has 0 radical (unpaired) electrons. The van der Waals surface area contributed by atoms with Crippen LogP contribution in [0.3, 0.4) is 0 Å². The molecule has 0 N–H and O–H groups in total. The van der Waals surface area contributed by atoms with Crippen molar-refractivity contribution in [1.29, 1.82) is 0 Å². The largest absolute Gasteiger partial charge is 0.497 e. The van der Waals surface area contributed by atoms with Gasteiger partial charge in [-0.1, -0.05) is 23.7 Å². The van der Waals surface area contributed by atoms with E-state index in [1.54, 1.807) is 35.2 Å². The highest BCUT2D eigenvalue weighted by Crippen LogP contribution is 2.37. The summed E-state index contributed by atoms with van der Waals surface area (Å²) in [6.07, 6.45) is -0.848. The van der Waals surface area contributed by atoms with Crippen LogP contribution in [0.2, 0.25) is 5.02 Å². The summed E-state index contributed by atoms with van der Waals surface area (Å²) in [5.74, 6) is -2.60. The molecule has 2 atom stereocenters. The van der Waals surface area contributed by atoms with Crippen LogP contribution in [0.15, 0.2) is 65.8 Å². The van der Waals surface area contributed by atoms with Gasteiger partial charge in [0.2, 0.25) is 5.13 Å². The Morgan fingerprint density at radius 1 is 1.04 bits per heavy atom. The summed E-state index contributed by atoms with van der Waals surface area (Å²) < 4.78 is 106. The number of hydrogen-bond donors (Lipinski definition) is 0. The average molecular weight is 715 g/mol. The smallest absolute Gasteiger partial charge is 0.269 e. The van der Waals surface area contributed by atoms with Crippen LogP contribution in [-0.2, 0) is 16.6 Å². The molecule has 0 spiro atoms. The third-order valence-corrected chi connectivity index (χ3v) is 10.7. The maximum absolute atomic E-state index is 15.6. The summed E-state index contributed by atoms with van der Waals surface area (Å²) in [6, 6.07) is 13.1. The SMILES string of the molecule is COc1ccc(CN(c2ncns2)S(=O)(=O)c2cc(F)c(OC[C@@H]3CN(CC(F)F)CCC3c3ccc(Cl)cc3)cc2F)c(OC)c1. The topological polar surface area (TPSA) is 94.1 Å². The molecule has 0 saturated carbocycles. The van der Waals surface area contributed by atoms with Crippen molar-refractivity contribution >= 4 is 38.3 Å². The van der Waals surface area contributed by atoms with E-state index in [9.17, 15) is 17.2 Å². The molecule has 4 aromatic rings. The Bertz CT molecular complexity index is 1770. The number of rotatable bonds is 13. The number of alkyl halides is 2. The zero-order valence-electron chi connectivity index (χ0n) is 25.3. The van der Waals surface area contributed by atoms with E-state index in [0.717, 1.165) is 27.7 Å². The Hall–Kier alpha value is -3.66. The van der Waals surface area contributed by atoms with Crippen LogP contribution in [0.5, 0.6) is 17.2 Å². The van der Waals surface area contributed by atoms with E-state index in [2.05, 4.69) is 9.36 Å². The number of likely N-dealkylation sites (tertiary alicyclic amines) is 1. The molecule has 0 bridgehead atoms. The predicted octanol–water partition coefficient (Wildman–Crippen LogP) is 6.63. The average Bonchev–Trinajstić information content (AvgIpc) is 3.58. The second-order valence-electron chi connectivity index (χ2n) is 10.8. The first-order chi connectivity index (χ1) is 22.5. The van der Waals surface area contributed by atoms with Crippen molar-refractivity contribution in [3.63, 3.8) is 0 Å². The highest BCUT2D eigenvalue weighted by molar-refractivity contribution is 7.93. The molecule has 5 rings (SSSR count). The lowest BCUT2D eigenvalue weighted by molar-refractivity contribution is 0.0466. The van der Waals surface area contributed by atoms with E-state index < -0.39 is 45.3 Å². The van der Waals surface area contributed by atoms with Gasteiger partial charge in [-0.3, -0.25) is 4.90 Å². The summed E-state index contributed by atoms with van der Waals surface area (Å²) in [5, 5.41) is 0.457. The number of methoxy groups -OCH3 is 2. The van der Waals surface area contributed by atoms with Crippen molar-refractivity contribution in [3.05, 3.63) is 88.7 Å². The standard InChI is InChI=1S/C31H31ClF4N4O5S2/c1-43-23-8-5-20(27(11-23)44-2)15-40(31-37-18-38-46-31)47(41,42)29-13-25(33)28(12-26(29)34)45-17-21-14-39(16-30(35)36)10-9-24(21)19-3-6-22(32)7-4-19/h3-8,11-13,18,21,24,30H,9-10,14-17H2,1-2H3/t21-,24?/m0/s1. The van der Waals surface area contributed by atoms with Gasteiger partial charge in [0.1, 0.15) is 28.5 Å². The Kier molecular flexibility index (Phi) is 11.1. The van der Waals surface area contributed by atoms with Crippen LogP contribution < -0.4 is 18.5 Å². The first-order valence-electron chi connectivity index (χ1n) is 14.4. The van der Waals surface area contributed by atoms with Crippen LogP contribution in [0.1, 0.15) is 23.5 Å². The quantitative estimate of drug-likeness (QED) is 0.143. The van der Waals surface area contributed by atoms with Crippen molar-refractivity contribution in [2.75, 3.05) is 44.8 Å². The summed E-state index contributed by atoms with van der Waals surface area (Å²) in [4.78, 5) is 4.66. The maximum Gasteiger partial charge on any atom is 0.269 e. The summed E-state index contributed by atoms with van der Waals surface area (Å²) in [6.45, 7) is -0.236. The van der Waals surface area contributed by atoms with Gasteiger partial charge in [-0.15, -0.1) is 0 Å². The van der Waals surface area contributed by atoms with Gasteiger partial charge in [0.25, 0.3) is 16.4 Å². The molecule has 0 amide bonds. The van der Waals surface area contributed by atoms with Crippen molar-refractivity contribution in [2.24, 2.45) is 5.92 Å². The fraction of sp³-hybridized carbons (Fsp3) is 0.355. The molecule has 2 heterocycles. The monoisotopic (exact) mass is 714 g/mol. The molecule has 1 aliphatic rings. The van der Waals surface area contributed by atoms with Crippen LogP contribution >= 0.6 is 23.1 Å². The zero-order valence-corrected chi connectivity index (χ0v) is 27.7.